The highest BCUT2D eigenvalue weighted by molar-refractivity contribution is 5.92. The molecule has 4 rings (SSSR count). The van der Waals surface area contributed by atoms with Crippen LogP contribution >= 0.6 is 0 Å². The Kier molecular flexibility index (Phi) is 4.88. The number of hydrogen-bond donors (Lipinski definition) is 2. The standard InChI is InChI=1S/C19H26N6O/c1-2-17-22-15-6-9-20-8-5-14(15)18(23-17)24-10-12-25(13-11-24)19(26)16-4-3-7-21-16/h3-4,7,20-21H,2,5-6,8-13H2,1H3. The number of carbonyl (C=O) groups excluding carboxylic acids is 1. The molecule has 0 bridgehead atoms. The second-order valence-electron chi connectivity index (χ2n) is 6.86. The van der Waals surface area contributed by atoms with Gasteiger partial charge < -0.3 is 20.1 Å². The maximum atomic E-state index is 12.5. The Hall–Kier alpha value is -2.41. The van der Waals surface area contributed by atoms with Crippen LogP contribution in [0.1, 0.15) is 34.5 Å². The largest absolute Gasteiger partial charge is 0.357 e. The Bertz CT molecular complexity index is 765. The van der Waals surface area contributed by atoms with E-state index < -0.39 is 0 Å². The van der Waals surface area contributed by atoms with Crippen LogP contribution in [-0.4, -0.2) is 65.0 Å². The Balaban J connectivity index is 1.53. The second-order valence-corrected chi connectivity index (χ2v) is 6.86. The van der Waals surface area contributed by atoms with Gasteiger partial charge >= 0.3 is 0 Å². The van der Waals surface area contributed by atoms with Crippen molar-refractivity contribution in [3.8, 4) is 0 Å². The molecule has 0 saturated carbocycles. The molecule has 0 unspecified atom stereocenters. The van der Waals surface area contributed by atoms with Gasteiger partial charge in [-0.1, -0.05) is 6.92 Å². The van der Waals surface area contributed by atoms with Crippen LogP contribution in [0.3, 0.4) is 0 Å². The zero-order chi connectivity index (χ0) is 17.9. The van der Waals surface area contributed by atoms with Crippen LogP contribution in [-0.2, 0) is 19.3 Å². The number of nitrogens with one attached hydrogen (secondary N) is 2. The van der Waals surface area contributed by atoms with Gasteiger partial charge in [0.2, 0.25) is 0 Å². The molecule has 1 amide bonds. The third-order valence-electron chi connectivity index (χ3n) is 5.22. The molecule has 2 aromatic heterocycles. The first-order valence-corrected chi connectivity index (χ1v) is 9.53. The summed E-state index contributed by atoms with van der Waals surface area (Å²) in [7, 11) is 0. The van der Waals surface area contributed by atoms with E-state index in [9.17, 15) is 4.79 Å². The molecule has 7 heteroatoms. The van der Waals surface area contributed by atoms with Crippen molar-refractivity contribution >= 4 is 11.7 Å². The first kappa shape index (κ1) is 17.0. The maximum absolute atomic E-state index is 12.5. The Morgan fingerprint density at radius 2 is 1.96 bits per heavy atom. The number of amides is 1. The predicted octanol–water partition coefficient (Wildman–Crippen LogP) is 1.02. The lowest BCUT2D eigenvalue weighted by molar-refractivity contribution is 0.0741. The number of anilines is 1. The normalized spacial score (nSPS) is 17.7. The highest BCUT2D eigenvalue weighted by Crippen LogP contribution is 2.25. The summed E-state index contributed by atoms with van der Waals surface area (Å²) in [6.07, 6.45) is 4.57. The van der Waals surface area contributed by atoms with Crippen molar-refractivity contribution in [2.24, 2.45) is 0 Å². The van der Waals surface area contributed by atoms with Gasteiger partial charge in [-0.3, -0.25) is 4.79 Å². The van der Waals surface area contributed by atoms with Gasteiger partial charge in [-0.25, -0.2) is 9.97 Å². The van der Waals surface area contributed by atoms with E-state index in [4.69, 9.17) is 9.97 Å². The van der Waals surface area contributed by atoms with Crippen LogP contribution in [0.2, 0.25) is 0 Å². The number of hydrogen-bond acceptors (Lipinski definition) is 5. The molecular formula is C19H26N6O. The molecule has 2 N–H and O–H groups in total. The molecule has 0 aliphatic carbocycles. The number of H-pyrrole nitrogens is 1. The van der Waals surface area contributed by atoms with Gasteiger partial charge in [0, 0.05) is 57.3 Å². The van der Waals surface area contributed by atoms with Crippen LogP contribution < -0.4 is 10.2 Å². The molecule has 7 nitrogen and oxygen atoms in total. The average molecular weight is 354 g/mol. The number of piperazine rings is 1. The fraction of sp³-hybridized carbons (Fsp3) is 0.526. The number of carbonyl (C=O) groups is 1. The fourth-order valence-electron chi connectivity index (χ4n) is 3.75. The Morgan fingerprint density at radius 3 is 2.69 bits per heavy atom. The maximum Gasteiger partial charge on any atom is 0.270 e. The van der Waals surface area contributed by atoms with Gasteiger partial charge in [0.05, 0.1) is 5.69 Å². The van der Waals surface area contributed by atoms with E-state index in [1.807, 2.05) is 17.0 Å². The third kappa shape index (κ3) is 3.31. The molecule has 2 aromatic rings. The molecule has 0 spiro atoms. The molecular weight excluding hydrogens is 328 g/mol. The minimum absolute atomic E-state index is 0.0783. The van der Waals surface area contributed by atoms with E-state index in [2.05, 4.69) is 22.1 Å². The van der Waals surface area contributed by atoms with Gasteiger partial charge in [0.15, 0.2) is 0 Å². The molecule has 0 atom stereocenters. The molecule has 0 aromatic carbocycles. The SMILES string of the molecule is CCc1nc2c(c(N3CCN(C(=O)c4ccc[nH]4)CC3)n1)CCNCC2. The zero-order valence-electron chi connectivity index (χ0n) is 15.3. The molecule has 4 heterocycles. The smallest absolute Gasteiger partial charge is 0.270 e. The monoisotopic (exact) mass is 354 g/mol. The highest BCUT2D eigenvalue weighted by atomic mass is 16.2. The lowest BCUT2D eigenvalue weighted by Gasteiger charge is -2.36. The van der Waals surface area contributed by atoms with Crippen molar-refractivity contribution in [2.75, 3.05) is 44.2 Å². The number of aryl methyl sites for hydroxylation is 1. The molecule has 138 valence electrons. The average Bonchev–Trinajstić information content (AvgIpc) is 3.12. The van der Waals surface area contributed by atoms with Crippen molar-refractivity contribution in [1.82, 2.24) is 25.2 Å². The number of nitrogens with zero attached hydrogens (tertiary/aromatic N) is 4. The number of rotatable bonds is 3. The highest BCUT2D eigenvalue weighted by Gasteiger charge is 2.26. The first-order chi connectivity index (χ1) is 12.8. The van der Waals surface area contributed by atoms with Crippen molar-refractivity contribution in [3.63, 3.8) is 0 Å². The summed E-state index contributed by atoms with van der Waals surface area (Å²) < 4.78 is 0. The van der Waals surface area contributed by atoms with Crippen molar-refractivity contribution in [2.45, 2.75) is 26.2 Å². The number of aromatic amines is 1. The van der Waals surface area contributed by atoms with Crippen LogP contribution in [0.15, 0.2) is 18.3 Å². The number of fused-ring (bicyclic) bond motifs is 1. The van der Waals surface area contributed by atoms with Crippen LogP contribution in [0.4, 0.5) is 5.82 Å². The summed E-state index contributed by atoms with van der Waals surface area (Å²) in [5.41, 5.74) is 3.15. The molecule has 26 heavy (non-hydrogen) atoms. The van der Waals surface area contributed by atoms with E-state index in [0.29, 0.717) is 5.69 Å². The lowest BCUT2D eigenvalue weighted by Crippen LogP contribution is -2.49. The summed E-state index contributed by atoms with van der Waals surface area (Å²) in [5.74, 6) is 2.09. The fourth-order valence-corrected chi connectivity index (χ4v) is 3.75. The lowest BCUT2D eigenvalue weighted by atomic mass is 10.1. The van der Waals surface area contributed by atoms with Gasteiger partial charge in [-0.05, 0) is 25.1 Å². The van der Waals surface area contributed by atoms with Crippen LogP contribution in [0.25, 0.3) is 0 Å². The summed E-state index contributed by atoms with van der Waals surface area (Å²) in [5, 5.41) is 3.46. The molecule has 1 saturated heterocycles. The first-order valence-electron chi connectivity index (χ1n) is 9.53. The van der Waals surface area contributed by atoms with E-state index in [1.54, 1.807) is 6.20 Å². The van der Waals surface area contributed by atoms with Crippen molar-refractivity contribution in [3.05, 3.63) is 41.1 Å². The minimum Gasteiger partial charge on any atom is -0.357 e. The Labute approximate surface area is 153 Å². The molecule has 2 aliphatic heterocycles. The van der Waals surface area contributed by atoms with Crippen molar-refractivity contribution < 1.29 is 4.79 Å². The number of aromatic nitrogens is 3. The quantitative estimate of drug-likeness (QED) is 0.861. The van der Waals surface area contributed by atoms with Gasteiger partial charge in [-0.15, -0.1) is 0 Å². The van der Waals surface area contributed by atoms with Gasteiger partial charge in [-0.2, -0.15) is 0 Å². The molecule has 0 radical (unpaired) electrons. The van der Waals surface area contributed by atoms with Gasteiger partial charge in [0.25, 0.3) is 5.91 Å². The second kappa shape index (κ2) is 7.45. The zero-order valence-corrected chi connectivity index (χ0v) is 15.3. The summed E-state index contributed by atoms with van der Waals surface area (Å²) >= 11 is 0. The van der Waals surface area contributed by atoms with E-state index in [-0.39, 0.29) is 5.91 Å². The molecule has 2 aliphatic rings. The van der Waals surface area contributed by atoms with E-state index in [0.717, 1.165) is 70.2 Å². The summed E-state index contributed by atoms with van der Waals surface area (Å²) in [6.45, 7) is 7.12. The predicted molar refractivity (Wildman–Crippen MR) is 101 cm³/mol. The minimum atomic E-state index is 0.0783. The Morgan fingerprint density at radius 1 is 1.15 bits per heavy atom. The topological polar surface area (TPSA) is 77.2 Å². The summed E-state index contributed by atoms with van der Waals surface area (Å²) in [6, 6.07) is 3.69. The molecule has 1 fully saturated rings. The van der Waals surface area contributed by atoms with E-state index in [1.165, 1.54) is 11.3 Å². The van der Waals surface area contributed by atoms with E-state index >= 15 is 0 Å². The van der Waals surface area contributed by atoms with Gasteiger partial charge in [0.1, 0.15) is 17.3 Å². The van der Waals surface area contributed by atoms with Crippen LogP contribution in [0.5, 0.6) is 0 Å². The third-order valence-corrected chi connectivity index (χ3v) is 5.22. The summed E-state index contributed by atoms with van der Waals surface area (Å²) in [4.78, 5) is 29.4. The van der Waals surface area contributed by atoms with Crippen molar-refractivity contribution in [1.29, 1.82) is 0 Å². The van der Waals surface area contributed by atoms with Crippen LogP contribution in [0, 0.1) is 0 Å².